The largest absolute Gasteiger partial charge is 0.481 e. The number of ether oxygens (including phenoxy) is 1. The SMILES string of the molecule is CCOC(=O)CC(=O)O.[Mg]. The topological polar surface area (TPSA) is 63.6 Å². The van der Waals surface area contributed by atoms with E-state index in [9.17, 15) is 9.59 Å². The minimum atomic E-state index is -1.16. The van der Waals surface area contributed by atoms with Crippen molar-refractivity contribution in [1.82, 2.24) is 0 Å². The average Bonchev–Trinajstić information content (AvgIpc) is 1.63. The van der Waals surface area contributed by atoms with Crippen LogP contribution in [-0.4, -0.2) is 46.7 Å². The summed E-state index contributed by atoms with van der Waals surface area (Å²) < 4.78 is 4.33. The molecule has 2 radical (unpaired) electrons. The standard InChI is InChI=1S/C5H8O4.Mg/c1-2-9-5(8)3-4(6)7;/h2-3H2,1H3,(H,6,7);. The first-order valence-electron chi connectivity index (χ1n) is 2.54. The zero-order valence-corrected chi connectivity index (χ0v) is 7.21. The highest BCUT2D eigenvalue weighted by Crippen LogP contribution is 1.84. The van der Waals surface area contributed by atoms with Crippen LogP contribution in [0.4, 0.5) is 0 Å². The van der Waals surface area contributed by atoms with Crippen molar-refractivity contribution >= 4 is 35.0 Å². The smallest absolute Gasteiger partial charge is 0.317 e. The molecule has 10 heavy (non-hydrogen) atoms. The van der Waals surface area contributed by atoms with E-state index in [0.717, 1.165) is 0 Å². The van der Waals surface area contributed by atoms with Crippen molar-refractivity contribution in [3.8, 4) is 0 Å². The summed E-state index contributed by atoms with van der Waals surface area (Å²) in [4.78, 5) is 20.0. The minimum Gasteiger partial charge on any atom is -0.481 e. The molecule has 0 saturated heterocycles. The number of aliphatic carboxylic acids is 1. The maximum atomic E-state index is 10.3. The lowest BCUT2D eigenvalue weighted by Gasteiger charge is -1.95. The van der Waals surface area contributed by atoms with E-state index in [2.05, 4.69) is 4.74 Å². The zero-order chi connectivity index (χ0) is 7.28. The highest BCUT2D eigenvalue weighted by atomic mass is 24.3. The Balaban J connectivity index is 0. The molecule has 0 aliphatic carbocycles. The van der Waals surface area contributed by atoms with Crippen molar-refractivity contribution in [1.29, 1.82) is 0 Å². The van der Waals surface area contributed by atoms with Crippen molar-refractivity contribution < 1.29 is 19.4 Å². The van der Waals surface area contributed by atoms with Gasteiger partial charge in [0, 0.05) is 23.1 Å². The summed E-state index contributed by atoms with van der Waals surface area (Å²) in [5.74, 6) is -1.85. The normalized spacial score (nSPS) is 7.70. The van der Waals surface area contributed by atoms with E-state index in [1.165, 1.54) is 0 Å². The Kier molecular flexibility index (Phi) is 8.45. The predicted octanol–water partition coefficient (Wildman–Crippen LogP) is -0.357. The summed E-state index contributed by atoms with van der Waals surface area (Å²) in [6, 6.07) is 0. The number of carboxylic acid groups (broad SMARTS) is 1. The molecule has 1 N–H and O–H groups in total. The van der Waals surface area contributed by atoms with Gasteiger partial charge in [0.25, 0.3) is 0 Å². The van der Waals surface area contributed by atoms with Crippen LogP contribution in [0.3, 0.4) is 0 Å². The number of rotatable bonds is 3. The fraction of sp³-hybridized carbons (Fsp3) is 0.600. The molecule has 0 fully saturated rings. The lowest BCUT2D eigenvalue weighted by molar-refractivity contribution is -0.150. The predicted molar refractivity (Wildman–Crippen MR) is 34.6 cm³/mol. The van der Waals surface area contributed by atoms with Crippen LogP contribution in [-0.2, 0) is 14.3 Å². The van der Waals surface area contributed by atoms with Gasteiger partial charge in [0.1, 0.15) is 6.42 Å². The Hall–Kier alpha value is -0.294. The molecule has 0 aromatic heterocycles. The molecule has 54 valence electrons. The first-order chi connectivity index (χ1) is 4.16. The Labute approximate surface area is 74.7 Å². The Morgan fingerprint density at radius 2 is 2.00 bits per heavy atom. The number of esters is 1. The molecule has 0 aliphatic heterocycles. The summed E-state index contributed by atoms with van der Waals surface area (Å²) in [6.45, 7) is 1.85. The lowest BCUT2D eigenvalue weighted by Crippen LogP contribution is -2.09. The molecule has 0 aliphatic rings. The summed E-state index contributed by atoms with van der Waals surface area (Å²) in [5, 5.41) is 8.01. The molecule has 5 heteroatoms. The fourth-order valence-corrected chi connectivity index (χ4v) is 0.335. The molecule has 0 aromatic rings. The van der Waals surface area contributed by atoms with Crippen LogP contribution in [0.1, 0.15) is 13.3 Å². The molecule has 0 atom stereocenters. The van der Waals surface area contributed by atoms with Crippen LogP contribution in [0.2, 0.25) is 0 Å². The van der Waals surface area contributed by atoms with Crippen molar-refractivity contribution in [2.24, 2.45) is 0 Å². The lowest BCUT2D eigenvalue weighted by atomic mass is 10.4. The van der Waals surface area contributed by atoms with Gasteiger partial charge in [-0.3, -0.25) is 9.59 Å². The van der Waals surface area contributed by atoms with Crippen LogP contribution in [0.5, 0.6) is 0 Å². The molecular weight excluding hydrogens is 148 g/mol. The molecular formula is C5H8MgO4. The van der Waals surface area contributed by atoms with Gasteiger partial charge < -0.3 is 9.84 Å². The first kappa shape index (κ1) is 12.4. The summed E-state index contributed by atoms with van der Waals surface area (Å²) >= 11 is 0. The molecule has 0 spiro atoms. The van der Waals surface area contributed by atoms with Gasteiger partial charge >= 0.3 is 11.9 Å². The first-order valence-corrected chi connectivity index (χ1v) is 2.54. The van der Waals surface area contributed by atoms with E-state index in [-0.39, 0.29) is 29.7 Å². The Morgan fingerprint density at radius 1 is 1.50 bits per heavy atom. The monoisotopic (exact) mass is 156 g/mol. The summed E-state index contributed by atoms with van der Waals surface area (Å²) in [7, 11) is 0. The number of hydrogen-bond donors (Lipinski definition) is 1. The van der Waals surface area contributed by atoms with Crippen LogP contribution < -0.4 is 0 Å². The van der Waals surface area contributed by atoms with Crippen molar-refractivity contribution in [2.75, 3.05) is 6.61 Å². The van der Waals surface area contributed by atoms with E-state index in [1.807, 2.05) is 0 Å². The van der Waals surface area contributed by atoms with Gasteiger partial charge in [0.15, 0.2) is 0 Å². The van der Waals surface area contributed by atoms with E-state index in [4.69, 9.17) is 5.11 Å². The van der Waals surface area contributed by atoms with Crippen molar-refractivity contribution in [2.45, 2.75) is 13.3 Å². The third-order valence-corrected chi connectivity index (χ3v) is 0.601. The Morgan fingerprint density at radius 3 is 2.30 bits per heavy atom. The van der Waals surface area contributed by atoms with Gasteiger partial charge in [-0.2, -0.15) is 0 Å². The number of carbonyl (C=O) groups excluding carboxylic acids is 1. The van der Waals surface area contributed by atoms with Gasteiger partial charge in [-0.1, -0.05) is 0 Å². The zero-order valence-electron chi connectivity index (χ0n) is 5.79. The number of carbonyl (C=O) groups is 2. The average molecular weight is 156 g/mol. The van der Waals surface area contributed by atoms with Gasteiger partial charge in [-0.25, -0.2) is 0 Å². The maximum Gasteiger partial charge on any atom is 0.317 e. The van der Waals surface area contributed by atoms with Crippen molar-refractivity contribution in [3.63, 3.8) is 0 Å². The van der Waals surface area contributed by atoms with Crippen LogP contribution in [0.25, 0.3) is 0 Å². The number of hydrogen-bond acceptors (Lipinski definition) is 3. The molecule has 0 heterocycles. The maximum absolute atomic E-state index is 10.3. The molecule has 0 amide bonds. The second-order valence-corrected chi connectivity index (χ2v) is 1.38. The van der Waals surface area contributed by atoms with Crippen LogP contribution in [0.15, 0.2) is 0 Å². The highest BCUT2D eigenvalue weighted by molar-refractivity contribution is 5.90. The third kappa shape index (κ3) is 7.71. The van der Waals surface area contributed by atoms with E-state index in [0.29, 0.717) is 0 Å². The third-order valence-electron chi connectivity index (χ3n) is 0.601. The van der Waals surface area contributed by atoms with Gasteiger partial charge in [0.2, 0.25) is 0 Å². The van der Waals surface area contributed by atoms with Gasteiger partial charge in [0.05, 0.1) is 6.61 Å². The van der Waals surface area contributed by atoms with Crippen LogP contribution in [0, 0.1) is 0 Å². The molecule has 0 unspecified atom stereocenters. The fourth-order valence-electron chi connectivity index (χ4n) is 0.335. The molecule has 0 rings (SSSR count). The molecule has 0 saturated carbocycles. The van der Waals surface area contributed by atoms with E-state index >= 15 is 0 Å². The molecule has 4 nitrogen and oxygen atoms in total. The van der Waals surface area contributed by atoms with Gasteiger partial charge in [-0.15, -0.1) is 0 Å². The quantitative estimate of drug-likeness (QED) is 0.344. The number of carboxylic acids is 1. The minimum absolute atomic E-state index is 0. The second-order valence-electron chi connectivity index (χ2n) is 1.38. The van der Waals surface area contributed by atoms with Crippen molar-refractivity contribution in [3.05, 3.63) is 0 Å². The summed E-state index contributed by atoms with van der Waals surface area (Å²) in [6.07, 6.45) is -0.548. The summed E-state index contributed by atoms with van der Waals surface area (Å²) in [5.41, 5.74) is 0. The highest BCUT2D eigenvalue weighted by Gasteiger charge is 2.06. The van der Waals surface area contributed by atoms with Crippen LogP contribution >= 0.6 is 0 Å². The Bertz CT molecular complexity index is 123. The second kappa shape index (κ2) is 6.82. The van der Waals surface area contributed by atoms with Gasteiger partial charge in [-0.05, 0) is 6.92 Å². The van der Waals surface area contributed by atoms with E-state index < -0.39 is 18.4 Å². The molecule has 0 aromatic carbocycles. The molecule has 0 bridgehead atoms. The van der Waals surface area contributed by atoms with E-state index in [1.54, 1.807) is 6.92 Å².